The van der Waals surface area contributed by atoms with Crippen LogP contribution in [0, 0.1) is 0 Å². The summed E-state index contributed by atoms with van der Waals surface area (Å²) in [6.07, 6.45) is 1.94. The lowest BCUT2D eigenvalue weighted by Crippen LogP contribution is -2.41. The summed E-state index contributed by atoms with van der Waals surface area (Å²) in [5.74, 6) is 1.22. The van der Waals surface area contributed by atoms with Crippen LogP contribution in [0.1, 0.15) is 56.0 Å². The molecule has 0 aromatic heterocycles. The number of halogens is 1. The van der Waals surface area contributed by atoms with E-state index in [1.807, 2.05) is 32.9 Å². The average Bonchev–Trinajstić information content (AvgIpc) is 2.85. The van der Waals surface area contributed by atoms with Crippen molar-refractivity contribution in [3.63, 3.8) is 0 Å². The molecule has 2 aromatic carbocycles. The van der Waals surface area contributed by atoms with Gasteiger partial charge in [-0.3, -0.25) is 9.69 Å². The first-order chi connectivity index (χ1) is 17.6. The van der Waals surface area contributed by atoms with E-state index in [1.165, 1.54) is 5.56 Å². The van der Waals surface area contributed by atoms with E-state index in [9.17, 15) is 9.59 Å². The summed E-state index contributed by atoms with van der Waals surface area (Å²) in [7, 11) is 1.67. The Morgan fingerprint density at radius 3 is 2.41 bits per heavy atom. The molecule has 202 valence electrons. The fraction of sp³-hybridized carbons (Fsp3) is 0.500. The number of piperidine rings is 1. The van der Waals surface area contributed by atoms with Gasteiger partial charge in [0.1, 0.15) is 17.6 Å². The van der Waals surface area contributed by atoms with Crippen molar-refractivity contribution in [2.24, 2.45) is 0 Å². The third-order valence-electron chi connectivity index (χ3n) is 5.90. The molecule has 0 spiro atoms. The van der Waals surface area contributed by atoms with Gasteiger partial charge in [0.2, 0.25) is 0 Å². The summed E-state index contributed by atoms with van der Waals surface area (Å²) >= 11 is 6.43. The molecule has 0 unspecified atom stereocenters. The third-order valence-corrected chi connectivity index (χ3v) is 6.20. The van der Waals surface area contributed by atoms with Crippen molar-refractivity contribution in [3.8, 4) is 11.5 Å². The fourth-order valence-corrected chi connectivity index (χ4v) is 4.20. The van der Waals surface area contributed by atoms with Crippen LogP contribution in [0.2, 0.25) is 5.02 Å². The van der Waals surface area contributed by atoms with Crippen LogP contribution in [0.15, 0.2) is 42.5 Å². The molecule has 0 saturated carbocycles. The number of hydrogen-bond donors (Lipinski definition) is 2. The van der Waals surface area contributed by atoms with Crippen LogP contribution < -0.4 is 20.1 Å². The Labute approximate surface area is 224 Å². The monoisotopic (exact) mass is 531 g/mol. The summed E-state index contributed by atoms with van der Waals surface area (Å²) < 4.78 is 16.5. The molecule has 0 aliphatic carbocycles. The predicted molar refractivity (Wildman–Crippen MR) is 145 cm³/mol. The summed E-state index contributed by atoms with van der Waals surface area (Å²) in [5, 5.41) is 5.95. The zero-order valence-corrected chi connectivity index (χ0v) is 22.9. The second kappa shape index (κ2) is 13.5. The van der Waals surface area contributed by atoms with E-state index in [-0.39, 0.29) is 24.2 Å². The first kappa shape index (κ1) is 28.6. The van der Waals surface area contributed by atoms with Crippen LogP contribution in [-0.4, -0.2) is 61.9 Å². The number of alkyl carbamates (subject to hydrolysis) is 1. The molecule has 0 atom stereocenters. The predicted octanol–water partition coefficient (Wildman–Crippen LogP) is 5.04. The Kier molecular flexibility index (Phi) is 10.5. The molecule has 1 fully saturated rings. The van der Waals surface area contributed by atoms with E-state index in [2.05, 4.69) is 27.7 Å². The van der Waals surface area contributed by atoms with E-state index in [0.717, 1.165) is 38.2 Å². The summed E-state index contributed by atoms with van der Waals surface area (Å²) in [6.45, 7) is 9.02. The Bertz CT molecular complexity index is 1030. The molecule has 8 nitrogen and oxygen atoms in total. The van der Waals surface area contributed by atoms with E-state index in [1.54, 1.807) is 25.3 Å². The van der Waals surface area contributed by atoms with Gasteiger partial charge in [0.25, 0.3) is 5.91 Å². The summed E-state index contributed by atoms with van der Waals surface area (Å²) in [5.41, 5.74) is 1.36. The lowest BCUT2D eigenvalue weighted by Gasteiger charge is -2.32. The van der Waals surface area contributed by atoms with Gasteiger partial charge in [-0.05, 0) is 75.9 Å². The average molecular weight is 532 g/mol. The number of hydrogen-bond acceptors (Lipinski definition) is 6. The molecule has 0 bridgehead atoms. The highest BCUT2D eigenvalue weighted by atomic mass is 35.5. The van der Waals surface area contributed by atoms with Crippen molar-refractivity contribution in [2.75, 3.05) is 33.4 Å². The molecular weight excluding hydrogens is 494 g/mol. The zero-order valence-electron chi connectivity index (χ0n) is 22.1. The largest absolute Gasteiger partial charge is 0.497 e. The molecule has 0 radical (unpaired) electrons. The number of carbonyl (C=O) groups is 2. The highest BCUT2D eigenvalue weighted by Gasteiger charge is 2.22. The third kappa shape index (κ3) is 9.78. The minimum Gasteiger partial charge on any atom is -0.497 e. The number of likely N-dealkylation sites (tertiary alicyclic amines) is 1. The number of nitrogens with one attached hydrogen (secondary N) is 2. The van der Waals surface area contributed by atoms with Gasteiger partial charge in [0.05, 0.1) is 18.7 Å². The first-order valence-corrected chi connectivity index (χ1v) is 13.1. The second-order valence-corrected chi connectivity index (χ2v) is 10.6. The maximum absolute atomic E-state index is 12.5. The van der Waals surface area contributed by atoms with Gasteiger partial charge < -0.3 is 24.8 Å². The van der Waals surface area contributed by atoms with Gasteiger partial charge in [0, 0.05) is 37.3 Å². The van der Waals surface area contributed by atoms with Gasteiger partial charge in [0.15, 0.2) is 0 Å². The van der Waals surface area contributed by atoms with E-state index < -0.39 is 6.09 Å². The van der Waals surface area contributed by atoms with Crippen molar-refractivity contribution in [1.29, 1.82) is 0 Å². The molecule has 2 N–H and O–H groups in total. The van der Waals surface area contributed by atoms with Gasteiger partial charge in [-0.1, -0.05) is 23.7 Å². The first-order valence-electron chi connectivity index (χ1n) is 12.7. The number of benzene rings is 2. The Morgan fingerprint density at radius 1 is 1.08 bits per heavy atom. The number of amides is 2. The van der Waals surface area contributed by atoms with Gasteiger partial charge >= 0.3 is 6.09 Å². The van der Waals surface area contributed by atoms with Gasteiger partial charge in [-0.2, -0.15) is 0 Å². The molecule has 2 aromatic rings. The van der Waals surface area contributed by atoms with Crippen molar-refractivity contribution < 1.29 is 23.8 Å². The Hall–Kier alpha value is -2.97. The molecule has 9 heteroatoms. The van der Waals surface area contributed by atoms with Crippen LogP contribution in [0.3, 0.4) is 0 Å². The summed E-state index contributed by atoms with van der Waals surface area (Å²) in [6, 6.07) is 13.3. The highest BCUT2D eigenvalue weighted by Crippen LogP contribution is 2.29. The van der Waals surface area contributed by atoms with Crippen LogP contribution in [0.4, 0.5) is 4.79 Å². The lowest BCUT2D eigenvalue weighted by molar-refractivity contribution is 0.0947. The molecule has 1 aliphatic rings. The molecular formula is C28H38ClN3O5. The number of methoxy groups -OCH3 is 1. The molecule has 3 rings (SSSR count). The standard InChI is InChI=1S/C28H38ClN3O5/c1-28(2,3)31-27(34)36-17-5-14-30-26(33)21-8-11-25(24(29)18-21)37-23-12-15-32(16-13-23)19-20-6-9-22(35-4)10-7-20/h6-11,18,23H,5,12-17,19H2,1-4H3,(H,30,33)(H,31,34). The Balaban J connectivity index is 1.37. The van der Waals surface area contributed by atoms with Crippen molar-refractivity contribution in [3.05, 3.63) is 58.6 Å². The van der Waals surface area contributed by atoms with Crippen molar-refractivity contribution in [1.82, 2.24) is 15.5 Å². The van der Waals surface area contributed by atoms with E-state index >= 15 is 0 Å². The maximum Gasteiger partial charge on any atom is 0.407 e. The van der Waals surface area contributed by atoms with Crippen molar-refractivity contribution >= 4 is 23.6 Å². The second-order valence-electron chi connectivity index (χ2n) is 10.2. The molecule has 37 heavy (non-hydrogen) atoms. The van der Waals surface area contributed by atoms with E-state index in [0.29, 0.717) is 29.3 Å². The topological polar surface area (TPSA) is 89.1 Å². The number of carbonyl (C=O) groups excluding carboxylic acids is 2. The summed E-state index contributed by atoms with van der Waals surface area (Å²) in [4.78, 5) is 26.5. The number of ether oxygens (including phenoxy) is 3. The van der Waals surface area contributed by atoms with Crippen molar-refractivity contribution in [2.45, 2.75) is 58.2 Å². The van der Waals surface area contributed by atoms with Crippen LogP contribution >= 0.6 is 11.6 Å². The minimum absolute atomic E-state index is 0.0831. The van der Waals surface area contributed by atoms with Gasteiger partial charge in [-0.25, -0.2) is 4.79 Å². The Morgan fingerprint density at radius 2 is 1.78 bits per heavy atom. The normalized spacial score (nSPS) is 14.6. The highest BCUT2D eigenvalue weighted by molar-refractivity contribution is 6.32. The quantitative estimate of drug-likeness (QED) is 0.418. The van der Waals surface area contributed by atoms with E-state index in [4.69, 9.17) is 25.8 Å². The molecule has 1 saturated heterocycles. The number of nitrogens with zero attached hydrogens (tertiary/aromatic N) is 1. The fourth-order valence-electron chi connectivity index (χ4n) is 3.97. The molecule has 1 heterocycles. The van der Waals surface area contributed by atoms with Crippen LogP contribution in [-0.2, 0) is 11.3 Å². The minimum atomic E-state index is -0.468. The van der Waals surface area contributed by atoms with Gasteiger partial charge in [-0.15, -0.1) is 0 Å². The maximum atomic E-state index is 12.5. The zero-order chi connectivity index (χ0) is 26.8. The molecule has 2 amide bonds. The van der Waals surface area contributed by atoms with Crippen LogP contribution in [0.25, 0.3) is 0 Å². The van der Waals surface area contributed by atoms with Crippen LogP contribution in [0.5, 0.6) is 11.5 Å². The number of rotatable bonds is 10. The lowest BCUT2D eigenvalue weighted by atomic mass is 10.1. The SMILES string of the molecule is COc1ccc(CN2CCC(Oc3ccc(C(=O)NCCCOC(=O)NC(C)(C)C)cc3Cl)CC2)cc1. The smallest absolute Gasteiger partial charge is 0.407 e. The molecule has 1 aliphatic heterocycles.